The zero-order chi connectivity index (χ0) is 57.8. The Kier molecular flexibility index (Phi) is 65.2. The summed E-state index contributed by atoms with van der Waals surface area (Å²) >= 11 is 0. The van der Waals surface area contributed by atoms with Crippen molar-refractivity contribution in [2.75, 3.05) is 13.2 Å². The Morgan fingerprint density at radius 3 is 0.812 bits per heavy atom. The second-order valence-corrected chi connectivity index (χ2v) is 23.1. The number of esters is 3. The largest absolute Gasteiger partial charge is 0.462 e. The Hall–Kier alpha value is -3.41. The molecule has 0 aromatic rings. The van der Waals surface area contributed by atoms with E-state index >= 15 is 0 Å². The molecule has 0 amide bonds. The van der Waals surface area contributed by atoms with Crippen LogP contribution in [0.1, 0.15) is 348 Å². The summed E-state index contributed by atoms with van der Waals surface area (Å²) in [5, 5.41) is 0. The predicted molar refractivity (Wildman–Crippen MR) is 348 cm³/mol. The molecule has 0 radical (unpaired) electrons. The number of allylic oxidation sites excluding steroid dienone is 14. The molecule has 0 saturated heterocycles. The molecule has 6 nitrogen and oxygen atoms in total. The standard InChI is InChI=1S/C74H130O6/c1-4-7-10-13-16-19-22-25-28-30-32-33-34-35-36-37-38-39-40-41-43-44-46-49-52-55-58-61-64-67-73(76)79-70-71(69-78-72(75)66-63-60-57-54-51-48-27-24-21-18-15-12-9-6-3)80-74(77)68-65-62-59-56-53-50-47-45-42-31-29-26-23-20-17-14-11-8-5-2/h8,11,17,20,26,29-30,32,42,45,50,53,59,62,71H,4-7,9-10,12-16,18-19,21-25,27-28,31,33-41,43-44,46-49,51-52,54-58,60-61,63-70H2,1-3H3/b11-8-,20-17-,29-26-,32-30-,45-42-,53-50-,62-59-. The minimum atomic E-state index is -0.816. The van der Waals surface area contributed by atoms with Crippen molar-refractivity contribution in [3.05, 3.63) is 85.1 Å². The first-order valence-corrected chi connectivity index (χ1v) is 34.6. The van der Waals surface area contributed by atoms with Gasteiger partial charge in [-0.2, -0.15) is 0 Å². The van der Waals surface area contributed by atoms with Crippen molar-refractivity contribution in [3.8, 4) is 0 Å². The van der Waals surface area contributed by atoms with Gasteiger partial charge in [0.05, 0.1) is 0 Å². The molecule has 80 heavy (non-hydrogen) atoms. The van der Waals surface area contributed by atoms with Gasteiger partial charge in [-0.1, -0.05) is 331 Å². The van der Waals surface area contributed by atoms with Crippen molar-refractivity contribution in [2.45, 2.75) is 354 Å². The van der Waals surface area contributed by atoms with Gasteiger partial charge in [0.25, 0.3) is 0 Å². The van der Waals surface area contributed by atoms with Gasteiger partial charge in [0.1, 0.15) is 13.2 Å². The molecule has 0 fully saturated rings. The lowest BCUT2D eigenvalue weighted by atomic mass is 10.0. The zero-order valence-electron chi connectivity index (χ0n) is 53.1. The molecule has 0 aromatic heterocycles. The van der Waals surface area contributed by atoms with Crippen molar-refractivity contribution in [2.24, 2.45) is 0 Å². The van der Waals surface area contributed by atoms with Crippen LogP contribution in [0.5, 0.6) is 0 Å². The second kappa shape index (κ2) is 68.1. The van der Waals surface area contributed by atoms with Crippen LogP contribution >= 0.6 is 0 Å². The van der Waals surface area contributed by atoms with E-state index in [0.29, 0.717) is 19.3 Å². The van der Waals surface area contributed by atoms with E-state index in [-0.39, 0.29) is 37.5 Å². The van der Waals surface area contributed by atoms with Crippen LogP contribution in [-0.4, -0.2) is 37.2 Å². The molecule has 0 saturated carbocycles. The van der Waals surface area contributed by atoms with Gasteiger partial charge in [0, 0.05) is 19.3 Å². The fourth-order valence-corrected chi connectivity index (χ4v) is 10.00. The fraction of sp³-hybridized carbons (Fsp3) is 0.770. The second-order valence-electron chi connectivity index (χ2n) is 23.1. The van der Waals surface area contributed by atoms with Crippen molar-refractivity contribution >= 4 is 17.9 Å². The van der Waals surface area contributed by atoms with Crippen molar-refractivity contribution < 1.29 is 28.6 Å². The van der Waals surface area contributed by atoms with Crippen LogP contribution in [0.3, 0.4) is 0 Å². The zero-order valence-corrected chi connectivity index (χ0v) is 53.1. The quantitative estimate of drug-likeness (QED) is 0.0261. The van der Waals surface area contributed by atoms with E-state index in [9.17, 15) is 14.4 Å². The molecule has 0 aliphatic heterocycles. The van der Waals surface area contributed by atoms with E-state index in [4.69, 9.17) is 14.2 Å². The molecule has 0 N–H and O–H groups in total. The number of rotatable bonds is 63. The van der Waals surface area contributed by atoms with Gasteiger partial charge >= 0.3 is 17.9 Å². The van der Waals surface area contributed by atoms with E-state index in [1.807, 2.05) is 6.08 Å². The topological polar surface area (TPSA) is 78.9 Å². The summed E-state index contributed by atoms with van der Waals surface area (Å²) < 4.78 is 16.9. The van der Waals surface area contributed by atoms with E-state index in [1.54, 1.807) is 0 Å². The van der Waals surface area contributed by atoms with Crippen LogP contribution in [0.4, 0.5) is 0 Å². The lowest BCUT2D eigenvalue weighted by Crippen LogP contribution is -2.30. The minimum Gasteiger partial charge on any atom is -0.462 e. The maximum absolute atomic E-state index is 12.9. The molecule has 0 heterocycles. The van der Waals surface area contributed by atoms with E-state index < -0.39 is 6.10 Å². The summed E-state index contributed by atoms with van der Waals surface area (Å²) in [5.41, 5.74) is 0. The number of carbonyl (C=O) groups is 3. The fourth-order valence-electron chi connectivity index (χ4n) is 10.00. The molecule has 462 valence electrons. The first kappa shape index (κ1) is 76.6. The van der Waals surface area contributed by atoms with Gasteiger partial charge in [-0.05, 0) is 83.5 Å². The molecule has 1 atom stereocenters. The lowest BCUT2D eigenvalue weighted by Gasteiger charge is -2.18. The van der Waals surface area contributed by atoms with Gasteiger partial charge in [-0.3, -0.25) is 14.4 Å². The van der Waals surface area contributed by atoms with Crippen LogP contribution in [-0.2, 0) is 28.6 Å². The Morgan fingerprint density at radius 2 is 0.512 bits per heavy atom. The average Bonchev–Trinajstić information content (AvgIpc) is 3.46. The minimum absolute atomic E-state index is 0.103. The summed E-state index contributed by atoms with van der Waals surface area (Å²) in [5.74, 6) is -0.970. The average molecular weight is 1120 g/mol. The SMILES string of the molecule is CC/C=C\C/C=C\C/C=C\C/C=C\C/C=C\C/C=C\CCC(=O)OC(COC(=O)CCCCCCCCCCCCCCCC)COC(=O)CCCCCCCCCCCCCCCCCCC/C=C\CCCCCCCCCC. The highest BCUT2D eigenvalue weighted by Crippen LogP contribution is 2.17. The monoisotopic (exact) mass is 1110 g/mol. The highest BCUT2D eigenvalue weighted by molar-refractivity contribution is 5.71. The van der Waals surface area contributed by atoms with E-state index in [0.717, 1.165) is 77.0 Å². The normalized spacial score (nSPS) is 12.6. The molecule has 0 aliphatic rings. The van der Waals surface area contributed by atoms with Crippen LogP contribution in [0.2, 0.25) is 0 Å². The Labute approximate surface area is 496 Å². The molecule has 0 spiro atoms. The Balaban J connectivity index is 4.30. The Morgan fingerprint density at radius 1 is 0.263 bits per heavy atom. The molecule has 0 bridgehead atoms. The number of carbonyl (C=O) groups excluding carboxylic acids is 3. The van der Waals surface area contributed by atoms with Gasteiger partial charge in [0.2, 0.25) is 0 Å². The molecule has 1 unspecified atom stereocenters. The third-order valence-electron chi connectivity index (χ3n) is 15.1. The maximum Gasteiger partial charge on any atom is 0.306 e. The third-order valence-corrected chi connectivity index (χ3v) is 15.1. The van der Waals surface area contributed by atoms with Gasteiger partial charge < -0.3 is 14.2 Å². The highest BCUT2D eigenvalue weighted by Gasteiger charge is 2.19. The third kappa shape index (κ3) is 65.4. The maximum atomic E-state index is 12.9. The Bertz CT molecular complexity index is 1520. The number of hydrogen-bond acceptors (Lipinski definition) is 6. The highest BCUT2D eigenvalue weighted by atomic mass is 16.6. The predicted octanol–water partition coefficient (Wildman–Crippen LogP) is 23.8. The van der Waals surface area contributed by atoms with E-state index in [2.05, 4.69) is 99.8 Å². The number of unbranched alkanes of at least 4 members (excludes halogenated alkanes) is 38. The summed E-state index contributed by atoms with van der Waals surface area (Å²) in [4.78, 5) is 38.3. The molecule has 0 aromatic carbocycles. The van der Waals surface area contributed by atoms with Crippen LogP contribution in [0, 0.1) is 0 Å². The lowest BCUT2D eigenvalue weighted by molar-refractivity contribution is -0.166. The molecular weight excluding hydrogens is 985 g/mol. The summed E-state index contributed by atoms with van der Waals surface area (Å²) in [6, 6.07) is 0. The van der Waals surface area contributed by atoms with E-state index in [1.165, 1.54) is 225 Å². The molecule has 0 aliphatic carbocycles. The van der Waals surface area contributed by atoms with Crippen molar-refractivity contribution in [1.82, 2.24) is 0 Å². The van der Waals surface area contributed by atoms with Crippen LogP contribution in [0.25, 0.3) is 0 Å². The molecule has 6 heteroatoms. The van der Waals surface area contributed by atoms with Crippen molar-refractivity contribution in [1.29, 1.82) is 0 Å². The summed E-state index contributed by atoms with van der Waals surface area (Å²) in [6.45, 7) is 6.51. The van der Waals surface area contributed by atoms with Gasteiger partial charge in [0.15, 0.2) is 6.10 Å². The van der Waals surface area contributed by atoms with Crippen LogP contribution < -0.4 is 0 Å². The molecule has 0 rings (SSSR count). The van der Waals surface area contributed by atoms with Gasteiger partial charge in [-0.25, -0.2) is 0 Å². The summed E-state index contributed by atoms with van der Waals surface area (Å²) in [6.07, 6.45) is 90.6. The smallest absolute Gasteiger partial charge is 0.306 e. The van der Waals surface area contributed by atoms with Crippen molar-refractivity contribution in [3.63, 3.8) is 0 Å². The van der Waals surface area contributed by atoms with Gasteiger partial charge in [-0.15, -0.1) is 0 Å². The summed E-state index contributed by atoms with van der Waals surface area (Å²) in [7, 11) is 0. The van der Waals surface area contributed by atoms with Crippen LogP contribution in [0.15, 0.2) is 85.1 Å². The first-order valence-electron chi connectivity index (χ1n) is 34.6. The number of hydrogen-bond donors (Lipinski definition) is 0. The molecular formula is C74H130O6. The first-order chi connectivity index (χ1) is 39.5. The number of ether oxygens (including phenoxy) is 3.